The molecule has 0 saturated carbocycles. The van der Waals surface area contributed by atoms with E-state index in [0.29, 0.717) is 41.0 Å². The zero-order valence-electron chi connectivity index (χ0n) is 13.6. The zero-order valence-corrected chi connectivity index (χ0v) is 13.6. The Bertz CT molecular complexity index is 684. The molecule has 23 heavy (non-hydrogen) atoms. The molecule has 1 amide bonds. The number of benzene rings is 2. The lowest BCUT2D eigenvalue weighted by Crippen LogP contribution is -2.13. The molecule has 0 fully saturated rings. The highest BCUT2D eigenvalue weighted by molar-refractivity contribution is 6.05. The van der Waals surface area contributed by atoms with Crippen LogP contribution in [-0.4, -0.2) is 19.6 Å². The van der Waals surface area contributed by atoms with Gasteiger partial charge in [-0.1, -0.05) is 19.9 Å². The number of ether oxygens (including phenoxy) is 2. The summed E-state index contributed by atoms with van der Waals surface area (Å²) in [4.78, 5) is 12.4. The summed E-state index contributed by atoms with van der Waals surface area (Å²) in [7, 11) is 1.53. The van der Waals surface area contributed by atoms with Gasteiger partial charge in [0, 0.05) is 17.3 Å². The van der Waals surface area contributed by atoms with Crippen molar-refractivity contribution in [2.24, 2.45) is 5.92 Å². The number of hydrogen-bond donors (Lipinski definition) is 2. The Labute approximate surface area is 136 Å². The normalized spacial score (nSPS) is 10.4. The molecule has 0 aliphatic rings. The van der Waals surface area contributed by atoms with Gasteiger partial charge in [-0.05, 0) is 36.2 Å². The van der Waals surface area contributed by atoms with Crippen molar-refractivity contribution in [2.45, 2.75) is 13.8 Å². The molecular formula is C18H22N2O3. The molecule has 2 aromatic rings. The van der Waals surface area contributed by atoms with E-state index in [-0.39, 0.29) is 5.91 Å². The second-order valence-corrected chi connectivity index (χ2v) is 5.65. The number of nitrogen functional groups attached to an aromatic ring is 1. The number of hydrogen-bond acceptors (Lipinski definition) is 4. The van der Waals surface area contributed by atoms with Crippen molar-refractivity contribution in [3.8, 4) is 11.5 Å². The van der Waals surface area contributed by atoms with E-state index in [1.807, 2.05) is 6.07 Å². The van der Waals surface area contributed by atoms with Crippen LogP contribution in [0, 0.1) is 5.92 Å². The lowest BCUT2D eigenvalue weighted by molar-refractivity contribution is 0.102. The second kappa shape index (κ2) is 7.54. The number of methoxy groups -OCH3 is 1. The summed E-state index contributed by atoms with van der Waals surface area (Å²) in [6, 6.07) is 12.2. The van der Waals surface area contributed by atoms with Crippen LogP contribution in [0.3, 0.4) is 0 Å². The number of anilines is 2. The van der Waals surface area contributed by atoms with Crippen molar-refractivity contribution in [3.63, 3.8) is 0 Å². The van der Waals surface area contributed by atoms with Gasteiger partial charge in [-0.25, -0.2) is 0 Å². The van der Waals surface area contributed by atoms with Crippen molar-refractivity contribution < 1.29 is 14.3 Å². The van der Waals surface area contributed by atoms with Gasteiger partial charge >= 0.3 is 0 Å². The van der Waals surface area contributed by atoms with Gasteiger partial charge in [-0.15, -0.1) is 0 Å². The number of nitrogens with two attached hydrogens (primary N) is 1. The second-order valence-electron chi connectivity index (χ2n) is 5.65. The van der Waals surface area contributed by atoms with Crippen LogP contribution in [0.4, 0.5) is 11.4 Å². The molecule has 5 heteroatoms. The SMILES string of the molecule is COc1cc(N)ccc1NC(=O)c1cccc(OCC(C)C)c1. The van der Waals surface area contributed by atoms with Crippen LogP contribution in [0.5, 0.6) is 11.5 Å². The van der Waals surface area contributed by atoms with E-state index in [9.17, 15) is 4.79 Å². The molecule has 0 unspecified atom stereocenters. The van der Waals surface area contributed by atoms with Crippen molar-refractivity contribution >= 4 is 17.3 Å². The van der Waals surface area contributed by atoms with Crippen molar-refractivity contribution in [2.75, 3.05) is 24.8 Å². The van der Waals surface area contributed by atoms with E-state index in [2.05, 4.69) is 19.2 Å². The Balaban J connectivity index is 2.13. The molecule has 0 aliphatic carbocycles. The first-order valence-electron chi connectivity index (χ1n) is 7.47. The van der Waals surface area contributed by atoms with Crippen LogP contribution < -0.4 is 20.5 Å². The molecule has 2 rings (SSSR count). The molecule has 122 valence electrons. The third kappa shape index (κ3) is 4.64. The Morgan fingerprint density at radius 2 is 2.00 bits per heavy atom. The Morgan fingerprint density at radius 1 is 1.22 bits per heavy atom. The van der Waals surface area contributed by atoms with Crippen LogP contribution in [0.15, 0.2) is 42.5 Å². The third-order valence-electron chi connectivity index (χ3n) is 3.15. The summed E-state index contributed by atoms with van der Waals surface area (Å²) in [6.45, 7) is 4.75. The molecule has 0 atom stereocenters. The quantitative estimate of drug-likeness (QED) is 0.800. The summed E-state index contributed by atoms with van der Waals surface area (Å²) >= 11 is 0. The van der Waals surface area contributed by atoms with Gasteiger partial charge in [0.25, 0.3) is 5.91 Å². The maximum Gasteiger partial charge on any atom is 0.255 e. The smallest absolute Gasteiger partial charge is 0.255 e. The van der Waals surface area contributed by atoms with Gasteiger partial charge in [0.15, 0.2) is 0 Å². The molecule has 0 radical (unpaired) electrons. The minimum atomic E-state index is -0.233. The first-order chi connectivity index (χ1) is 11.0. The van der Waals surface area contributed by atoms with E-state index in [1.54, 1.807) is 36.4 Å². The van der Waals surface area contributed by atoms with E-state index < -0.39 is 0 Å². The van der Waals surface area contributed by atoms with Gasteiger partial charge in [0.1, 0.15) is 11.5 Å². The largest absolute Gasteiger partial charge is 0.494 e. The van der Waals surface area contributed by atoms with E-state index in [1.165, 1.54) is 7.11 Å². The van der Waals surface area contributed by atoms with Crippen LogP contribution >= 0.6 is 0 Å². The standard InChI is InChI=1S/C18H22N2O3/c1-12(2)11-23-15-6-4-5-13(9-15)18(21)20-16-8-7-14(19)10-17(16)22-3/h4-10,12H,11,19H2,1-3H3,(H,20,21). The van der Waals surface area contributed by atoms with Gasteiger partial charge < -0.3 is 20.5 Å². The lowest BCUT2D eigenvalue weighted by atomic mass is 10.2. The lowest BCUT2D eigenvalue weighted by Gasteiger charge is -2.12. The predicted octanol–water partition coefficient (Wildman–Crippen LogP) is 3.56. The monoisotopic (exact) mass is 314 g/mol. The predicted molar refractivity (Wildman–Crippen MR) is 92.1 cm³/mol. The average molecular weight is 314 g/mol. The van der Waals surface area contributed by atoms with Crippen LogP contribution in [0.25, 0.3) is 0 Å². The van der Waals surface area contributed by atoms with Gasteiger partial charge in [-0.3, -0.25) is 4.79 Å². The molecule has 2 aromatic carbocycles. The summed E-state index contributed by atoms with van der Waals surface area (Å²) in [5, 5.41) is 2.82. The number of rotatable bonds is 6. The molecule has 0 aliphatic heterocycles. The van der Waals surface area contributed by atoms with Crippen LogP contribution in [0.1, 0.15) is 24.2 Å². The fraction of sp³-hybridized carbons (Fsp3) is 0.278. The van der Waals surface area contributed by atoms with E-state index >= 15 is 0 Å². The Kier molecular flexibility index (Phi) is 5.46. The summed E-state index contributed by atoms with van der Waals surface area (Å²) < 4.78 is 10.9. The van der Waals surface area contributed by atoms with Crippen molar-refractivity contribution in [1.82, 2.24) is 0 Å². The molecular weight excluding hydrogens is 292 g/mol. The third-order valence-corrected chi connectivity index (χ3v) is 3.15. The number of amides is 1. The molecule has 5 nitrogen and oxygen atoms in total. The van der Waals surface area contributed by atoms with Crippen molar-refractivity contribution in [3.05, 3.63) is 48.0 Å². The molecule has 0 spiro atoms. The molecule has 0 heterocycles. The maximum absolute atomic E-state index is 12.4. The molecule has 3 N–H and O–H groups in total. The maximum atomic E-state index is 12.4. The first-order valence-corrected chi connectivity index (χ1v) is 7.47. The highest BCUT2D eigenvalue weighted by Gasteiger charge is 2.11. The highest BCUT2D eigenvalue weighted by atomic mass is 16.5. The molecule has 0 aromatic heterocycles. The summed E-state index contributed by atoms with van der Waals surface area (Å²) in [6.07, 6.45) is 0. The van der Waals surface area contributed by atoms with Gasteiger partial charge in [0.05, 0.1) is 19.4 Å². The van der Waals surface area contributed by atoms with Gasteiger partial charge in [0.2, 0.25) is 0 Å². The topological polar surface area (TPSA) is 73.6 Å². The zero-order chi connectivity index (χ0) is 16.8. The fourth-order valence-corrected chi connectivity index (χ4v) is 2.00. The van der Waals surface area contributed by atoms with Crippen LogP contribution in [-0.2, 0) is 0 Å². The minimum Gasteiger partial charge on any atom is -0.494 e. The minimum absolute atomic E-state index is 0.233. The Morgan fingerprint density at radius 3 is 2.70 bits per heavy atom. The number of carbonyl (C=O) groups is 1. The fourth-order valence-electron chi connectivity index (χ4n) is 2.00. The van der Waals surface area contributed by atoms with Crippen molar-refractivity contribution in [1.29, 1.82) is 0 Å². The number of carbonyl (C=O) groups excluding carboxylic acids is 1. The summed E-state index contributed by atoms with van der Waals surface area (Å²) in [5.74, 6) is 1.38. The highest BCUT2D eigenvalue weighted by Crippen LogP contribution is 2.27. The molecule has 0 saturated heterocycles. The van der Waals surface area contributed by atoms with E-state index in [4.69, 9.17) is 15.2 Å². The van der Waals surface area contributed by atoms with Crippen LogP contribution in [0.2, 0.25) is 0 Å². The first kappa shape index (κ1) is 16.7. The average Bonchev–Trinajstić information content (AvgIpc) is 2.54. The van der Waals surface area contributed by atoms with E-state index in [0.717, 1.165) is 0 Å². The molecule has 0 bridgehead atoms. The summed E-state index contributed by atoms with van der Waals surface area (Å²) in [5.41, 5.74) is 7.37. The van der Waals surface area contributed by atoms with Gasteiger partial charge in [-0.2, -0.15) is 0 Å². The number of nitrogens with one attached hydrogen (secondary N) is 1. The Hall–Kier alpha value is -2.69.